The van der Waals surface area contributed by atoms with E-state index < -0.39 is 43.7 Å². The number of aliphatic hydroxyl groups excluding tert-OH is 11. The summed E-state index contributed by atoms with van der Waals surface area (Å²) in [5, 5.41) is 93.1. The summed E-state index contributed by atoms with van der Waals surface area (Å²) in [5.74, 6) is 0. The molecule has 0 saturated carbocycles. The van der Waals surface area contributed by atoms with Crippen LogP contribution in [0.2, 0.25) is 0 Å². The summed E-state index contributed by atoms with van der Waals surface area (Å²) < 4.78 is 0. The van der Waals surface area contributed by atoms with Crippen LogP contribution in [0.4, 0.5) is 0 Å². The first-order chi connectivity index (χ1) is 11.5. The predicted molar refractivity (Wildman–Crippen MR) is 86.3 cm³/mol. The van der Waals surface area contributed by atoms with E-state index in [1.807, 2.05) is 0 Å². The van der Waals surface area contributed by atoms with Crippen molar-refractivity contribution in [2.75, 3.05) is 39.6 Å². The fourth-order valence-corrected chi connectivity index (χ4v) is 0.779. The van der Waals surface area contributed by atoms with Gasteiger partial charge in [-0.15, -0.1) is 0 Å². The lowest BCUT2D eigenvalue weighted by Crippen LogP contribution is -2.46. The summed E-state index contributed by atoms with van der Waals surface area (Å²) in [6.45, 7) is 1.51. The zero-order chi connectivity index (χ0) is 20.6. The first kappa shape index (κ1) is 29.3. The summed E-state index contributed by atoms with van der Waals surface area (Å²) in [7, 11) is 0. The van der Waals surface area contributed by atoms with E-state index in [9.17, 15) is 0 Å². The average molecular weight is 378 g/mol. The molecule has 0 aromatic carbocycles. The Hall–Kier alpha value is -0.440. The van der Waals surface area contributed by atoms with Crippen molar-refractivity contribution < 1.29 is 56.2 Å². The largest absolute Gasteiger partial charge is 0.396 e. The van der Waals surface area contributed by atoms with Crippen LogP contribution >= 0.6 is 0 Å². The molecule has 0 aliphatic carbocycles. The van der Waals surface area contributed by atoms with Crippen LogP contribution in [-0.2, 0) is 0 Å². The molecule has 0 aliphatic heterocycles. The summed E-state index contributed by atoms with van der Waals surface area (Å²) in [5.41, 5.74) is -0.306. The van der Waals surface area contributed by atoms with Gasteiger partial charge in [-0.2, -0.15) is 0 Å². The Bertz CT molecular complexity index is 254. The highest BCUT2D eigenvalue weighted by molar-refractivity contribution is 4.79. The maximum absolute atomic E-state index is 8.96. The molecule has 0 saturated heterocycles. The molecular weight excluding hydrogens is 344 g/mol. The topological polar surface area (TPSA) is 223 Å². The highest BCUT2D eigenvalue weighted by Gasteiger charge is 2.29. The molecule has 0 fully saturated rings. The molecule has 11 nitrogen and oxygen atoms in total. The molecule has 0 bridgehead atoms. The third-order valence-electron chi connectivity index (χ3n) is 2.79. The van der Waals surface area contributed by atoms with Gasteiger partial charge in [0.25, 0.3) is 0 Å². The smallest absolute Gasteiger partial charge is 0.111 e. The normalized spacial score (nSPS) is 16.1. The summed E-state index contributed by atoms with van der Waals surface area (Å²) in [6, 6.07) is 0. The summed E-state index contributed by atoms with van der Waals surface area (Å²) in [6.07, 6.45) is -7.35. The van der Waals surface area contributed by atoms with Crippen LogP contribution in [0.3, 0.4) is 0 Å². The zero-order valence-corrected chi connectivity index (χ0v) is 14.5. The Labute approximate surface area is 146 Å². The molecule has 0 aromatic rings. The third-order valence-corrected chi connectivity index (χ3v) is 2.79. The van der Waals surface area contributed by atoms with Gasteiger partial charge in [-0.25, -0.2) is 0 Å². The Morgan fingerprint density at radius 1 is 0.560 bits per heavy atom. The lowest BCUT2D eigenvalue weighted by atomic mass is 9.97. The Morgan fingerprint density at radius 2 is 0.840 bits per heavy atom. The van der Waals surface area contributed by atoms with Crippen molar-refractivity contribution in [2.24, 2.45) is 5.41 Å². The van der Waals surface area contributed by atoms with Crippen molar-refractivity contribution in [3.05, 3.63) is 0 Å². The van der Waals surface area contributed by atoms with Gasteiger partial charge in [0.1, 0.15) is 30.5 Å². The minimum absolute atomic E-state index is 0.0451. The van der Waals surface area contributed by atoms with Crippen molar-refractivity contribution in [3.8, 4) is 0 Å². The van der Waals surface area contributed by atoms with Gasteiger partial charge in [0.2, 0.25) is 0 Å². The van der Waals surface area contributed by atoms with Gasteiger partial charge < -0.3 is 56.2 Å². The Kier molecular flexibility index (Phi) is 19.9. The van der Waals surface area contributed by atoms with Crippen molar-refractivity contribution in [1.29, 1.82) is 0 Å². The summed E-state index contributed by atoms with van der Waals surface area (Å²) >= 11 is 0. The van der Waals surface area contributed by atoms with Crippen LogP contribution < -0.4 is 0 Å². The fourth-order valence-electron chi connectivity index (χ4n) is 0.779. The SMILES string of the molecule is CC(C)(CO)CO.OCC(O)CO.OC[C@@H](O)[C@@H](O)[C@H](O)[C@@H](O)CO. The fraction of sp³-hybridized carbons (Fsp3) is 1.00. The molecule has 0 rings (SSSR count). The molecule has 0 unspecified atom stereocenters. The van der Waals surface area contributed by atoms with Crippen LogP contribution in [0.1, 0.15) is 13.8 Å². The molecule has 25 heavy (non-hydrogen) atoms. The first-order valence-corrected chi connectivity index (χ1v) is 7.53. The molecule has 11 N–H and O–H groups in total. The predicted octanol–water partition coefficient (Wildman–Crippen LogP) is -5.26. The van der Waals surface area contributed by atoms with Gasteiger partial charge in [-0.05, 0) is 0 Å². The first-order valence-electron chi connectivity index (χ1n) is 7.53. The van der Waals surface area contributed by atoms with Gasteiger partial charge in [-0.1, -0.05) is 13.8 Å². The summed E-state index contributed by atoms with van der Waals surface area (Å²) in [4.78, 5) is 0. The van der Waals surface area contributed by atoms with Crippen LogP contribution in [0.15, 0.2) is 0 Å². The molecule has 0 aromatic heterocycles. The third kappa shape index (κ3) is 16.8. The molecule has 0 spiro atoms. The molecule has 0 heterocycles. The Balaban J connectivity index is -0.000000317. The second-order valence-electron chi connectivity index (χ2n) is 5.98. The molecule has 4 atom stereocenters. The quantitative estimate of drug-likeness (QED) is 0.182. The monoisotopic (exact) mass is 378 g/mol. The van der Waals surface area contributed by atoms with E-state index in [1.165, 1.54) is 0 Å². The number of aliphatic hydroxyl groups is 11. The van der Waals surface area contributed by atoms with E-state index in [-0.39, 0.29) is 31.8 Å². The van der Waals surface area contributed by atoms with E-state index in [1.54, 1.807) is 13.8 Å². The van der Waals surface area contributed by atoms with Gasteiger partial charge in [0, 0.05) is 5.41 Å². The van der Waals surface area contributed by atoms with Crippen LogP contribution in [0.25, 0.3) is 0 Å². The lowest BCUT2D eigenvalue weighted by molar-refractivity contribution is -0.123. The molecule has 11 heteroatoms. The Morgan fingerprint density at radius 3 is 0.920 bits per heavy atom. The van der Waals surface area contributed by atoms with Crippen LogP contribution in [0.5, 0.6) is 0 Å². The van der Waals surface area contributed by atoms with E-state index in [0.717, 1.165) is 0 Å². The molecule has 0 aliphatic rings. The van der Waals surface area contributed by atoms with Crippen molar-refractivity contribution >= 4 is 0 Å². The minimum atomic E-state index is -1.67. The second kappa shape index (κ2) is 17.0. The van der Waals surface area contributed by atoms with Crippen LogP contribution in [-0.4, -0.2) is 126 Å². The number of rotatable bonds is 9. The number of hydrogen-bond acceptors (Lipinski definition) is 11. The molecule has 0 radical (unpaired) electrons. The highest BCUT2D eigenvalue weighted by atomic mass is 16.4. The second-order valence-corrected chi connectivity index (χ2v) is 5.98. The highest BCUT2D eigenvalue weighted by Crippen LogP contribution is 2.10. The lowest BCUT2D eigenvalue weighted by Gasteiger charge is -2.24. The van der Waals surface area contributed by atoms with Gasteiger partial charge in [-0.3, -0.25) is 0 Å². The molecule has 0 amide bonds. The van der Waals surface area contributed by atoms with Gasteiger partial charge in [0.15, 0.2) is 0 Å². The molecular formula is C14H34O11. The minimum Gasteiger partial charge on any atom is -0.396 e. The van der Waals surface area contributed by atoms with Gasteiger partial charge >= 0.3 is 0 Å². The van der Waals surface area contributed by atoms with E-state index in [2.05, 4.69) is 0 Å². The van der Waals surface area contributed by atoms with E-state index in [4.69, 9.17) is 56.2 Å². The van der Waals surface area contributed by atoms with Gasteiger partial charge in [0.05, 0.1) is 39.6 Å². The van der Waals surface area contributed by atoms with E-state index in [0.29, 0.717) is 0 Å². The van der Waals surface area contributed by atoms with Crippen molar-refractivity contribution in [3.63, 3.8) is 0 Å². The zero-order valence-electron chi connectivity index (χ0n) is 14.5. The van der Waals surface area contributed by atoms with Crippen LogP contribution in [0, 0.1) is 5.41 Å². The standard InChI is InChI=1S/C6H14O6.C5H12O2.C3H8O3/c7-1-3(9)5(11)6(12)4(10)2-8;1-5(2,3-6)4-7;4-1-3(6)2-5/h3-12H,1-2H2;6-7H,3-4H2,1-2H3;3-6H,1-2H2/t3-,4+,5-,6-;;/m1../s1. The average Bonchev–Trinajstić information content (AvgIpc) is 2.65. The maximum atomic E-state index is 8.96. The maximum Gasteiger partial charge on any atom is 0.111 e. The molecule has 156 valence electrons. The van der Waals surface area contributed by atoms with Crippen molar-refractivity contribution in [2.45, 2.75) is 44.4 Å². The van der Waals surface area contributed by atoms with E-state index >= 15 is 0 Å². The number of hydrogen-bond donors (Lipinski definition) is 11. The van der Waals surface area contributed by atoms with Crippen molar-refractivity contribution in [1.82, 2.24) is 0 Å².